The van der Waals surface area contributed by atoms with E-state index in [2.05, 4.69) is 14.9 Å². The summed E-state index contributed by atoms with van der Waals surface area (Å²) in [5, 5.41) is 16.6. The van der Waals surface area contributed by atoms with E-state index in [1.165, 1.54) is 12.3 Å². The lowest BCUT2D eigenvalue weighted by molar-refractivity contribution is -0.149. The monoisotopic (exact) mass is 178 g/mol. The van der Waals surface area contributed by atoms with Gasteiger partial charge in [0.15, 0.2) is 0 Å². The summed E-state index contributed by atoms with van der Waals surface area (Å²) in [6.07, 6.45) is 1.49. The smallest absolute Gasteiger partial charge is 0.333 e. The van der Waals surface area contributed by atoms with Crippen LogP contribution in [0.3, 0.4) is 0 Å². The number of carbonyl (C=O) groups is 1. The SMILES string of the molecule is O=C1C=C(c2cccnn2)C(O)O1. The molecule has 5 nitrogen and oxygen atoms in total. The number of carbonyl (C=O) groups excluding carboxylic acids is 1. The molecule has 1 aliphatic rings. The highest BCUT2D eigenvalue weighted by Gasteiger charge is 2.25. The molecule has 0 fully saturated rings. The number of nitrogens with zero attached hydrogens (tertiary/aromatic N) is 2. The van der Waals surface area contributed by atoms with Crippen LogP contribution in [0.5, 0.6) is 0 Å². The van der Waals surface area contributed by atoms with Gasteiger partial charge in [0, 0.05) is 12.3 Å². The molecule has 1 aromatic heterocycles. The average molecular weight is 178 g/mol. The van der Waals surface area contributed by atoms with E-state index in [1.807, 2.05) is 0 Å². The van der Waals surface area contributed by atoms with Crippen molar-refractivity contribution in [3.63, 3.8) is 0 Å². The standard InChI is InChI=1S/C8H6N2O3/c11-7-4-5(8(12)13-7)6-2-1-3-9-10-6/h1-4,8,12H. The summed E-state index contributed by atoms with van der Waals surface area (Å²) >= 11 is 0. The van der Waals surface area contributed by atoms with Crippen molar-refractivity contribution in [1.29, 1.82) is 0 Å². The van der Waals surface area contributed by atoms with Crippen LogP contribution in [-0.4, -0.2) is 27.6 Å². The van der Waals surface area contributed by atoms with Gasteiger partial charge in [-0.25, -0.2) is 4.79 Å². The summed E-state index contributed by atoms with van der Waals surface area (Å²) in [6.45, 7) is 0. The van der Waals surface area contributed by atoms with Gasteiger partial charge in [-0.2, -0.15) is 10.2 Å². The minimum Gasteiger partial charge on any atom is -0.428 e. The maximum atomic E-state index is 10.7. The molecule has 1 N–H and O–H groups in total. The van der Waals surface area contributed by atoms with Gasteiger partial charge in [0.1, 0.15) is 0 Å². The highest BCUT2D eigenvalue weighted by atomic mass is 16.6. The van der Waals surface area contributed by atoms with Gasteiger partial charge >= 0.3 is 5.97 Å². The molecule has 1 aliphatic heterocycles. The number of aliphatic hydroxyl groups excluding tert-OH is 1. The molecule has 1 atom stereocenters. The predicted molar refractivity (Wildman–Crippen MR) is 42.1 cm³/mol. The molecule has 13 heavy (non-hydrogen) atoms. The maximum Gasteiger partial charge on any atom is 0.333 e. The van der Waals surface area contributed by atoms with E-state index in [0.29, 0.717) is 11.3 Å². The van der Waals surface area contributed by atoms with Crippen LogP contribution in [0.2, 0.25) is 0 Å². The van der Waals surface area contributed by atoms with Crippen LogP contribution in [0.1, 0.15) is 5.69 Å². The van der Waals surface area contributed by atoms with E-state index >= 15 is 0 Å². The molecule has 0 bridgehead atoms. The maximum absolute atomic E-state index is 10.7. The van der Waals surface area contributed by atoms with Gasteiger partial charge in [0.25, 0.3) is 0 Å². The zero-order valence-electron chi connectivity index (χ0n) is 6.54. The van der Waals surface area contributed by atoms with Crippen LogP contribution < -0.4 is 0 Å². The van der Waals surface area contributed by atoms with Crippen molar-refractivity contribution >= 4 is 11.5 Å². The van der Waals surface area contributed by atoms with Gasteiger partial charge in [-0.15, -0.1) is 0 Å². The van der Waals surface area contributed by atoms with Crippen molar-refractivity contribution in [3.8, 4) is 0 Å². The van der Waals surface area contributed by atoms with Crippen LogP contribution in [0.4, 0.5) is 0 Å². The molecule has 2 heterocycles. The van der Waals surface area contributed by atoms with Crippen LogP contribution in [-0.2, 0) is 9.53 Å². The molecular weight excluding hydrogens is 172 g/mol. The van der Waals surface area contributed by atoms with Crippen molar-refractivity contribution < 1.29 is 14.6 Å². The molecule has 0 aromatic carbocycles. The molecule has 1 unspecified atom stereocenters. The molecule has 0 aliphatic carbocycles. The Morgan fingerprint density at radius 1 is 1.54 bits per heavy atom. The first-order valence-electron chi connectivity index (χ1n) is 3.66. The Hall–Kier alpha value is -1.75. The van der Waals surface area contributed by atoms with E-state index in [4.69, 9.17) is 0 Å². The number of hydrogen-bond acceptors (Lipinski definition) is 5. The van der Waals surface area contributed by atoms with E-state index in [9.17, 15) is 9.90 Å². The third-order valence-corrected chi connectivity index (χ3v) is 1.64. The molecule has 66 valence electrons. The Labute approximate surface area is 73.7 Å². The molecule has 2 rings (SSSR count). The largest absolute Gasteiger partial charge is 0.428 e. The van der Waals surface area contributed by atoms with Crippen molar-refractivity contribution in [2.24, 2.45) is 0 Å². The van der Waals surface area contributed by atoms with Gasteiger partial charge in [-0.05, 0) is 12.1 Å². The van der Waals surface area contributed by atoms with Gasteiger partial charge < -0.3 is 9.84 Å². The Kier molecular flexibility index (Phi) is 1.79. The summed E-state index contributed by atoms with van der Waals surface area (Å²) in [4.78, 5) is 10.7. The van der Waals surface area contributed by atoms with Gasteiger partial charge in [-0.3, -0.25) is 0 Å². The number of aromatic nitrogens is 2. The lowest BCUT2D eigenvalue weighted by Crippen LogP contribution is -2.10. The number of esters is 1. The fourth-order valence-electron chi connectivity index (χ4n) is 1.06. The topological polar surface area (TPSA) is 72.3 Å². The molecule has 5 heteroatoms. The van der Waals surface area contributed by atoms with Gasteiger partial charge in [-0.1, -0.05) is 0 Å². The zero-order chi connectivity index (χ0) is 9.26. The minimum atomic E-state index is -1.22. The second kappa shape index (κ2) is 2.95. The molecule has 0 amide bonds. The van der Waals surface area contributed by atoms with Crippen molar-refractivity contribution in [2.45, 2.75) is 6.29 Å². The number of rotatable bonds is 1. The second-order valence-corrected chi connectivity index (χ2v) is 2.50. The Morgan fingerprint density at radius 3 is 2.92 bits per heavy atom. The number of hydrogen-bond donors (Lipinski definition) is 1. The summed E-state index contributed by atoms with van der Waals surface area (Å²) in [6, 6.07) is 3.31. The molecule has 0 radical (unpaired) electrons. The van der Waals surface area contributed by atoms with E-state index in [-0.39, 0.29) is 0 Å². The van der Waals surface area contributed by atoms with Crippen LogP contribution >= 0.6 is 0 Å². The summed E-state index contributed by atoms with van der Waals surface area (Å²) < 4.78 is 4.48. The fraction of sp³-hybridized carbons (Fsp3) is 0.125. The third-order valence-electron chi connectivity index (χ3n) is 1.64. The van der Waals surface area contributed by atoms with Crippen LogP contribution in [0.25, 0.3) is 5.57 Å². The Morgan fingerprint density at radius 2 is 2.38 bits per heavy atom. The minimum absolute atomic E-state index is 0.345. The number of aliphatic hydroxyl groups is 1. The molecule has 1 aromatic rings. The lowest BCUT2D eigenvalue weighted by Gasteiger charge is -2.04. The van der Waals surface area contributed by atoms with E-state index < -0.39 is 12.3 Å². The highest BCUT2D eigenvalue weighted by molar-refractivity contribution is 5.95. The first-order valence-corrected chi connectivity index (χ1v) is 3.66. The quantitative estimate of drug-likeness (QED) is 0.599. The second-order valence-electron chi connectivity index (χ2n) is 2.50. The molecule has 0 saturated carbocycles. The lowest BCUT2D eigenvalue weighted by atomic mass is 10.2. The van der Waals surface area contributed by atoms with Crippen molar-refractivity contribution in [1.82, 2.24) is 10.2 Å². The normalized spacial score (nSPS) is 21.2. The zero-order valence-corrected chi connectivity index (χ0v) is 6.54. The Bertz CT molecular complexity index is 361. The predicted octanol–water partition coefficient (Wildman–Crippen LogP) is -0.265. The number of cyclic esters (lactones) is 1. The first-order chi connectivity index (χ1) is 6.27. The van der Waals surface area contributed by atoms with Crippen molar-refractivity contribution in [3.05, 3.63) is 30.1 Å². The van der Waals surface area contributed by atoms with Crippen LogP contribution in [0, 0.1) is 0 Å². The highest BCUT2D eigenvalue weighted by Crippen LogP contribution is 2.21. The molecule has 0 saturated heterocycles. The third kappa shape index (κ3) is 1.41. The Balaban J connectivity index is 2.37. The first kappa shape index (κ1) is 7.88. The van der Waals surface area contributed by atoms with Crippen molar-refractivity contribution in [2.75, 3.05) is 0 Å². The average Bonchev–Trinajstić information content (AvgIpc) is 2.47. The molecule has 0 spiro atoms. The molecular formula is C8H6N2O3. The summed E-state index contributed by atoms with van der Waals surface area (Å²) in [5.41, 5.74) is 0.791. The van der Waals surface area contributed by atoms with Crippen LogP contribution in [0.15, 0.2) is 24.4 Å². The van der Waals surface area contributed by atoms with Gasteiger partial charge in [0.2, 0.25) is 6.29 Å². The van der Waals surface area contributed by atoms with Gasteiger partial charge in [0.05, 0.1) is 11.3 Å². The summed E-state index contributed by atoms with van der Waals surface area (Å²) in [5.74, 6) is -0.562. The number of ether oxygens (including phenoxy) is 1. The summed E-state index contributed by atoms with van der Waals surface area (Å²) in [7, 11) is 0. The fourth-order valence-corrected chi connectivity index (χ4v) is 1.06. The van der Waals surface area contributed by atoms with E-state index in [1.54, 1.807) is 12.1 Å². The van der Waals surface area contributed by atoms with E-state index in [0.717, 1.165) is 0 Å².